The number of aliphatic hydroxyl groups is 1. The number of hydrogen-bond donors (Lipinski definition) is 1. The Kier molecular flexibility index (Phi) is 4.08. The second-order valence-corrected chi connectivity index (χ2v) is 4.35. The van der Waals surface area contributed by atoms with Gasteiger partial charge in [0.15, 0.2) is 0 Å². The Morgan fingerprint density at radius 2 is 1.95 bits per heavy atom. The molecule has 0 bridgehead atoms. The number of hydrogen-bond acceptors (Lipinski definition) is 4. The molecule has 0 aliphatic rings. The summed E-state index contributed by atoms with van der Waals surface area (Å²) in [6.45, 7) is 0. The molecule has 2 aromatic carbocycles. The number of rotatable bonds is 4. The van der Waals surface area contributed by atoms with Gasteiger partial charge in [0.1, 0.15) is 11.6 Å². The fourth-order valence-corrected chi connectivity index (χ4v) is 1.98. The van der Waals surface area contributed by atoms with Crippen LogP contribution in [0.5, 0.6) is 0 Å². The summed E-state index contributed by atoms with van der Waals surface area (Å²) in [4.78, 5) is 10.2. The van der Waals surface area contributed by atoms with Crippen LogP contribution in [0.3, 0.4) is 0 Å². The van der Waals surface area contributed by atoms with E-state index in [-0.39, 0.29) is 11.3 Å². The van der Waals surface area contributed by atoms with E-state index >= 15 is 0 Å². The first kappa shape index (κ1) is 13.7. The molecule has 1 atom stereocenters. The van der Waals surface area contributed by atoms with Crippen molar-refractivity contribution >= 4 is 5.69 Å². The van der Waals surface area contributed by atoms with Crippen molar-refractivity contribution in [3.8, 4) is 6.07 Å². The summed E-state index contributed by atoms with van der Waals surface area (Å²) in [6, 6.07) is 15.2. The van der Waals surface area contributed by atoms with E-state index in [2.05, 4.69) is 0 Å². The number of aliphatic hydroxyl groups excluding tert-OH is 1. The average Bonchev–Trinajstić information content (AvgIpc) is 2.47. The van der Waals surface area contributed by atoms with Crippen LogP contribution in [-0.4, -0.2) is 10.0 Å². The van der Waals surface area contributed by atoms with Crippen molar-refractivity contribution in [3.63, 3.8) is 0 Å². The van der Waals surface area contributed by atoms with Gasteiger partial charge in [-0.15, -0.1) is 0 Å². The Labute approximate surface area is 115 Å². The van der Waals surface area contributed by atoms with Gasteiger partial charge in [-0.2, -0.15) is 5.26 Å². The van der Waals surface area contributed by atoms with E-state index in [1.165, 1.54) is 12.1 Å². The predicted molar refractivity (Wildman–Crippen MR) is 72.9 cm³/mol. The van der Waals surface area contributed by atoms with E-state index in [0.29, 0.717) is 12.0 Å². The Bertz CT molecular complexity index is 663. The van der Waals surface area contributed by atoms with Gasteiger partial charge in [0.2, 0.25) is 0 Å². The molecule has 0 amide bonds. The van der Waals surface area contributed by atoms with Crippen LogP contribution in [0.1, 0.15) is 22.8 Å². The SMILES string of the molecule is N#Cc1cc(CC(O)c2ccccc2)ccc1[N+](=O)[O-]. The van der Waals surface area contributed by atoms with Crippen molar-refractivity contribution in [1.82, 2.24) is 0 Å². The Balaban J connectivity index is 2.23. The van der Waals surface area contributed by atoms with Gasteiger partial charge in [-0.1, -0.05) is 36.4 Å². The maximum absolute atomic E-state index is 10.7. The summed E-state index contributed by atoms with van der Waals surface area (Å²) in [6.07, 6.45) is -0.402. The second kappa shape index (κ2) is 5.95. The highest BCUT2D eigenvalue weighted by molar-refractivity contribution is 5.50. The lowest BCUT2D eigenvalue weighted by molar-refractivity contribution is -0.385. The van der Waals surface area contributed by atoms with E-state index in [1.807, 2.05) is 24.3 Å². The Morgan fingerprint density at radius 3 is 2.55 bits per heavy atom. The van der Waals surface area contributed by atoms with E-state index in [0.717, 1.165) is 5.56 Å². The standard InChI is InChI=1S/C15H12N2O3/c16-10-13-8-11(6-7-14(13)17(19)20)9-15(18)12-4-2-1-3-5-12/h1-8,15,18H,9H2. The summed E-state index contributed by atoms with van der Waals surface area (Å²) in [7, 11) is 0. The highest BCUT2D eigenvalue weighted by Crippen LogP contribution is 2.23. The summed E-state index contributed by atoms with van der Waals surface area (Å²) in [5.74, 6) is 0. The van der Waals surface area contributed by atoms with E-state index in [4.69, 9.17) is 5.26 Å². The zero-order valence-electron chi connectivity index (χ0n) is 10.6. The molecule has 100 valence electrons. The highest BCUT2D eigenvalue weighted by Gasteiger charge is 2.15. The van der Waals surface area contributed by atoms with Gasteiger partial charge in [0.05, 0.1) is 11.0 Å². The minimum Gasteiger partial charge on any atom is -0.388 e. The molecule has 1 unspecified atom stereocenters. The number of nitriles is 1. The summed E-state index contributed by atoms with van der Waals surface area (Å²) >= 11 is 0. The molecular weight excluding hydrogens is 256 g/mol. The third kappa shape index (κ3) is 2.99. The molecule has 2 aromatic rings. The molecule has 0 aliphatic heterocycles. The number of benzene rings is 2. The molecule has 5 nitrogen and oxygen atoms in total. The number of nitro groups is 1. The number of nitro benzene ring substituents is 1. The molecular formula is C15H12N2O3. The van der Waals surface area contributed by atoms with Gasteiger partial charge in [-0.3, -0.25) is 10.1 Å². The molecule has 0 saturated carbocycles. The van der Waals surface area contributed by atoms with Crippen LogP contribution in [0.25, 0.3) is 0 Å². The van der Waals surface area contributed by atoms with Crippen LogP contribution >= 0.6 is 0 Å². The van der Waals surface area contributed by atoms with Crippen molar-refractivity contribution in [3.05, 3.63) is 75.3 Å². The first-order valence-corrected chi connectivity index (χ1v) is 6.02. The summed E-state index contributed by atoms with van der Waals surface area (Å²) in [5, 5.41) is 29.8. The van der Waals surface area contributed by atoms with Gasteiger partial charge in [-0.25, -0.2) is 0 Å². The Hall–Kier alpha value is -2.71. The highest BCUT2D eigenvalue weighted by atomic mass is 16.6. The van der Waals surface area contributed by atoms with Gasteiger partial charge < -0.3 is 5.11 Å². The zero-order valence-corrected chi connectivity index (χ0v) is 10.6. The first-order valence-electron chi connectivity index (χ1n) is 6.02. The molecule has 0 fully saturated rings. The molecule has 5 heteroatoms. The molecule has 2 rings (SSSR count). The minimum atomic E-state index is -0.704. The van der Waals surface area contributed by atoms with Crippen molar-refractivity contribution in [1.29, 1.82) is 5.26 Å². The van der Waals surface area contributed by atoms with Crippen LogP contribution in [0.15, 0.2) is 48.5 Å². The minimum absolute atomic E-state index is 0.00719. The molecule has 0 spiro atoms. The molecule has 0 aliphatic carbocycles. The molecule has 1 N–H and O–H groups in total. The maximum atomic E-state index is 10.7. The predicted octanol–water partition coefficient (Wildman–Crippen LogP) is 2.74. The van der Waals surface area contributed by atoms with Crippen LogP contribution in [0, 0.1) is 21.4 Å². The van der Waals surface area contributed by atoms with Crippen LogP contribution in [0.2, 0.25) is 0 Å². The topological polar surface area (TPSA) is 87.2 Å². The van der Waals surface area contributed by atoms with Crippen LogP contribution in [-0.2, 0) is 6.42 Å². The fraction of sp³-hybridized carbons (Fsp3) is 0.133. The third-order valence-corrected chi connectivity index (χ3v) is 2.99. The third-order valence-electron chi connectivity index (χ3n) is 2.99. The van der Waals surface area contributed by atoms with Gasteiger partial charge in [0.25, 0.3) is 5.69 Å². The lowest BCUT2D eigenvalue weighted by Gasteiger charge is -2.11. The summed E-state index contributed by atoms with van der Waals surface area (Å²) in [5.41, 5.74) is 1.24. The molecule has 0 aromatic heterocycles. The van der Waals surface area contributed by atoms with E-state index in [1.54, 1.807) is 18.2 Å². The maximum Gasteiger partial charge on any atom is 0.287 e. The van der Waals surface area contributed by atoms with Crippen LogP contribution < -0.4 is 0 Å². The van der Waals surface area contributed by atoms with Gasteiger partial charge >= 0.3 is 0 Å². The van der Waals surface area contributed by atoms with Crippen molar-refractivity contribution in [2.24, 2.45) is 0 Å². The molecule has 0 saturated heterocycles. The second-order valence-electron chi connectivity index (χ2n) is 4.35. The summed E-state index contributed by atoms with van der Waals surface area (Å²) < 4.78 is 0. The van der Waals surface area contributed by atoms with E-state index in [9.17, 15) is 15.2 Å². The van der Waals surface area contributed by atoms with Crippen molar-refractivity contribution in [2.45, 2.75) is 12.5 Å². The van der Waals surface area contributed by atoms with Gasteiger partial charge in [0, 0.05) is 12.5 Å². The quantitative estimate of drug-likeness (QED) is 0.682. The first-order chi connectivity index (χ1) is 9.61. The van der Waals surface area contributed by atoms with Gasteiger partial charge in [-0.05, 0) is 17.2 Å². The Morgan fingerprint density at radius 1 is 1.25 bits per heavy atom. The van der Waals surface area contributed by atoms with Crippen molar-refractivity contribution in [2.75, 3.05) is 0 Å². The molecule has 0 radical (unpaired) electrons. The lowest BCUT2D eigenvalue weighted by Crippen LogP contribution is -2.02. The zero-order chi connectivity index (χ0) is 14.5. The lowest BCUT2D eigenvalue weighted by atomic mass is 9.99. The normalized spacial score (nSPS) is 11.6. The molecule has 0 heterocycles. The number of nitrogens with zero attached hydrogens (tertiary/aromatic N) is 2. The molecule has 20 heavy (non-hydrogen) atoms. The fourth-order valence-electron chi connectivity index (χ4n) is 1.98. The van der Waals surface area contributed by atoms with Crippen molar-refractivity contribution < 1.29 is 10.0 Å². The monoisotopic (exact) mass is 268 g/mol. The van der Waals surface area contributed by atoms with Crippen LogP contribution in [0.4, 0.5) is 5.69 Å². The average molecular weight is 268 g/mol. The largest absolute Gasteiger partial charge is 0.388 e. The van der Waals surface area contributed by atoms with E-state index < -0.39 is 11.0 Å². The smallest absolute Gasteiger partial charge is 0.287 e.